The molecule has 1 aromatic carbocycles. The molecule has 1 aromatic rings. The Kier molecular flexibility index (Phi) is 5.78. The van der Waals surface area contributed by atoms with Gasteiger partial charge in [-0.3, -0.25) is 4.79 Å². The molecule has 0 spiro atoms. The van der Waals surface area contributed by atoms with Crippen LogP contribution in [0.2, 0.25) is 0 Å². The van der Waals surface area contributed by atoms with Gasteiger partial charge in [-0.1, -0.05) is 30.3 Å². The summed E-state index contributed by atoms with van der Waals surface area (Å²) in [6, 6.07) is 9.52. The maximum absolute atomic E-state index is 12.2. The van der Waals surface area contributed by atoms with Crippen LogP contribution in [0.15, 0.2) is 30.3 Å². The van der Waals surface area contributed by atoms with Crippen LogP contribution < -0.4 is 5.32 Å². The van der Waals surface area contributed by atoms with Gasteiger partial charge in [0.15, 0.2) is 0 Å². The first-order valence-electron chi connectivity index (χ1n) is 7.71. The SMILES string of the molecule is CN(CCC(=O)N[C@@H](c1ccccc1)C1CC(O)C1)S(C)(=O)=O. The number of hydrogen-bond donors (Lipinski definition) is 2. The lowest BCUT2D eigenvalue weighted by atomic mass is 9.75. The fourth-order valence-electron chi connectivity index (χ4n) is 2.71. The van der Waals surface area contributed by atoms with E-state index in [0.29, 0.717) is 12.8 Å². The molecule has 2 rings (SSSR count). The van der Waals surface area contributed by atoms with Gasteiger partial charge in [0.05, 0.1) is 18.4 Å². The van der Waals surface area contributed by atoms with Crippen LogP contribution in [-0.4, -0.2) is 49.7 Å². The summed E-state index contributed by atoms with van der Waals surface area (Å²) in [5.74, 6) is 0.0275. The number of nitrogens with zero attached hydrogens (tertiary/aromatic N) is 1. The maximum atomic E-state index is 12.2. The predicted molar refractivity (Wildman–Crippen MR) is 88.1 cm³/mol. The Hall–Kier alpha value is -1.44. The Balaban J connectivity index is 1.96. The molecule has 1 atom stereocenters. The van der Waals surface area contributed by atoms with Gasteiger partial charge in [0.25, 0.3) is 0 Å². The van der Waals surface area contributed by atoms with Crippen molar-refractivity contribution in [2.75, 3.05) is 19.8 Å². The summed E-state index contributed by atoms with van der Waals surface area (Å²) in [5, 5.41) is 12.5. The summed E-state index contributed by atoms with van der Waals surface area (Å²) in [6.07, 6.45) is 2.28. The number of nitrogens with one attached hydrogen (secondary N) is 1. The Morgan fingerprint density at radius 1 is 1.35 bits per heavy atom. The number of benzene rings is 1. The second kappa shape index (κ2) is 7.42. The number of hydrogen-bond acceptors (Lipinski definition) is 4. The molecule has 1 aliphatic rings. The lowest BCUT2D eigenvalue weighted by Crippen LogP contribution is -2.42. The average molecular weight is 340 g/mol. The van der Waals surface area contributed by atoms with Crippen LogP contribution in [0.1, 0.15) is 30.9 Å². The smallest absolute Gasteiger partial charge is 0.221 e. The molecule has 0 aromatic heterocycles. The van der Waals surface area contributed by atoms with E-state index < -0.39 is 10.0 Å². The van der Waals surface area contributed by atoms with Crippen LogP contribution in [0.5, 0.6) is 0 Å². The number of carbonyl (C=O) groups is 1. The summed E-state index contributed by atoms with van der Waals surface area (Å²) in [6.45, 7) is 0.152. The van der Waals surface area contributed by atoms with E-state index in [-0.39, 0.29) is 36.9 Å². The highest BCUT2D eigenvalue weighted by molar-refractivity contribution is 7.88. The van der Waals surface area contributed by atoms with Gasteiger partial charge in [0, 0.05) is 20.0 Å². The van der Waals surface area contributed by atoms with Crippen molar-refractivity contribution in [2.24, 2.45) is 5.92 Å². The van der Waals surface area contributed by atoms with Gasteiger partial charge in [0.2, 0.25) is 15.9 Å². The zero-order valence-electron chi connectivity index (χ0n) is 13.5. The van der Waals surface area contributed by atoms with Gasteiger partial charge in [0.1, 0.15) is 0 Å². The monoisotopic (exact) mass is 340 g/mol. The third kappa shape index (κ3) is 5.02. The summed E-state index contributed by atoms with van der Waals surface area (Å²) in [4.78, 5) is 12.2. The molecule has 0 unspecified atom stereocenters. The van der Waals surface area contributed by atoms with E-state index in [0.717, 1.165) is 16.1 Å². The molecule has 7 heteroatoms. The third-order valence-electron chi connectivity index (χ3n) is 4.32. The van der Waals surface area contributed by atoms with E-state index in [1.807, 2.05) is 30.3 Å². The van der Waals surface area contributed by atoms with Gasteiger partial charge in [-0.05, 0) is 24.3 Å². The molecule has 0 radical (unpaired) electrons. The van der Waals surface area contributed by atoms with Crippen molar-refractivity contribution >= 4 is 15.9 Å². The first kappa shape index (κ1) is 17.9. The highest BCUT2D eigenvalue weighted by Crippen LogP contribution is 2.38. The predicted octanol–water partition coefficient (Wildman–Crippen LogP) is 0.896. The topological polar surface area (TPSA) is 86.7 Å². The lowest BCUT2D eigenvalue weighted by Gasteiger charge is -2.38. The molecule has 23 heavy (non-hydrogen) atoms. The second-order valence-electron chi connectivity index (χ2n) is 6.18. The molecule has 6 nitrogen and oxygen atoms in total. The van der Waals surface area contributed by atoms with Gasteiger partial charge in [-0.25, -0.2) is 12.7 Å². The van der Waals surface area contributed by atoms with Crippen LogP contribution >= 0.6 is 0 Å². The number of aliphatic hydroxyl groups excluding tert-OH is 1. The first-order valence-corrected chi connectivity index (χ1v) is 9.56. The Morgan fingerprint density at radius 3 is 2.48 bits per heavy atom. The van der Waals surface area contributed by atoms with Crippen molar-refractivity contribution in [1.82, 2.24) is 9.62 Å². The normalized spacial score (nSPS) is 22.4. The van der Waals surface area contributed by atoms with Gasteiger partial charge in [-0.2, -0.15) is 0 Å². The molecule has 0 aliphatic heterocycles. The Labute approximate surface area is 137 Å². The minimum atomic E-state index is -3.28. The standard InChI is InChI=1S/C16H24N2O4S/c1-18(23(2,21)22)9-8-15(20)17-16(13-10-14(19)11-13)12-6-4-3-5-7-12/h3-7,13-14,16,19H,8-11H2,1-2H3,(H,17,20)/t13?,14?,16-/m0/s1. The minimum Gasteiger partial charge on any atom is -0.393 e. The van der Waals surface area contributed by atoms with E-state index in [4.69, 9.17) is 0 Å². The van der Waals surface area contributed by atoms with E-state index in [1.165, 1.54) is 7.05 Å². The molecule has 1 saturated carbocycles. The van der Waals surface area contributed by atoms with E-state index >= 15 is 0 Å². The quantitative estimate of drug-likeness (QED) is 0.772. The highest BCUT2D eigenvalue weighted by Gasteiger charge is 2.35. The van der Waals surface area contributed by atoms with Crippen LogP contribution in [0.3, 0.4) is 0 Å². The summed E-state index contributed by atoms with van der Waals surface area (Å²) < 4.78 is 23.9. The Morgan fingerprint density at radius 2 is 1.96 bits per heavy atom. The number of rotatable bonds is 7. The zero-order valence-corrected chi connectivity index (χ0v) is 14.3. The van der Waals surface area contributed by atoms with Crippen LogP contribution in [0.25, 0.3) is 0 Å². The highest BCUT2D eigenvalue weighted by atomic mass is 32.2. The molecule has 128 valence electrons. The van der Waals surface area contributed by atoms with Crippen LogP contribution in [0, 0.1) is 5.92 Å². The van der Waals surface area contributed by atoms with Crippen molar-refractivity contribution in [2.45, 2.75) is 31.4 Å². The zero-order chi connectivity index (χ0) is 17.0. The van der Waals surface area contributed by atoms with Crippen molar-refractivity contribution < 1.29 is 18.3 Å². The van der Waals surface area contributed by atoms with Crippen molar-refractivity contribution in [3.05, 3.63) is 35.9 Å². The number of amides is 1. The summed E-state index contributed by atoms with van der Waals surface area (Å²) in [5.41, 5.74) is 1.01. The fraction of sp³-hybridized carbons (Fsp3) is 0.562. The number of carbonyl (C=O) groups excluding carboxylic acids is 1. The van der Waals surface area contributed by atoms with Crippen molar-refractivity contribution in [3.8, 4) is 0 Å². The molecular weight excluding hydrogens is 316 g/mol. The fourth-order valence-corrected chi connectivity index (χ4v) is 3.13. The van der Waals surface area contributed by atoms with E-state index in [9.17, 15) is 18.3 Å². The number of sulfonamides is 1. The third-order valence-corrected chi connectivity index (χ3v) is 5.63. The molecule has 1 fully saturated rings. The largest absolute Gasteiger partial charge is 0.393 e. The number of aliphatic hydroxyl groups is 1. The minimum absolute atomic E-state index is 0.113. The van der Waals surface area contributed by atoms with Gasteiger partial charge < -0.3 is 10.4 Å². The molecule has 1 amide bonds. The van der Waals surface area contributed by atoms with Gasteiger partial charge in [-0.15, -0.1) is 0 Å². The maximum Gasteiger partial charge on any atom is 0.221 e. The molecule has 1 aliphatic carbocycles. The molecule has 0 bridgehead atoms. The van der Waals surface area contributed by atoms with E-state index in [1.54, 1.807) is 0 Å². The first-order chi connectivity index (χ1) is 10.8. The second-order valence-corrected chi connectivity index (χ2v) is 8.27. The lowest BCUT2D eigenvalue weighted by molar-refractivity contribution is -0.123. The van der Waals surface area contributed by atoms with Crippen LogP contribution in [0.4, 0.5) is 0 Å². The molecular formula is C16H24N2O4S. The summed E-state index contributed by atoms with van der Waals surface area (Å²) in [7, 11) is -1.82. The van der Waals surface area contributed by atoms with Crippen molar-refractivity contribution in [1.29, 1.82) is 0 Å². The Bertz CT molecular complexity index is 627. The van der Waals surface area contributed by atoms with Crippen molar-refractivity contribution in [3.63, 3.8) is 0 Å². The average Bonchev–Trinajstić information content (AvgIpc) is 2.47. The van der Waals surface area contributed by atoms with Gasteiger partial charge >= 0.3 is 0 Å². The summed E-state index contributed by atoms with van der Waals surface area (Å²) >= 11 is 0. The molecule has 2 N–H and O–H groups in total. The van der Waals surface area contributed by atoms with Crippen LogP contribution in [-0.2, 0) is 14.8 Å². The molecule has 0 heterocycles. The van der Waals surface area contributed by atoms with E-state index in [2.05, 4.69) is 5.32 Å². The molecule has 0 saturated heterocycles.